The van der Waals surface area contributed by atoms with Crippen LogP contribution in [0.2, 0.25) is 0 Å². The monoisotopic (exact) mass is 237 g/mol. The number of aryl methyl sites for hydroxylation is 2. The molecule has 0 atom stereocenters. The van der Waals surface area contributed by atoms with Crippen LogP contribution in [0.1, 0.15) is 18.3 Å². The number of hydrogen-bond donors (Lipinski definition) is 0. The van der Waals surface area contributed by atoms with Gasteiger partial charge in [-0.05, 0) is 37.1 Å². The van der Waals surface area contributed by atoms with Crippen molar-refractivity contribution in [2.24, 2.45) is 0 Å². The van der Waals surface area contributed by atoms with Crippen LogP contribution >= 0.6 is 0 Å². The highest BCUT2D eigenvalue weighted by molar-refractivity contribution is 5.77. The molecule has 0 radical (unpaired) electrons. The summed E-state index contributed by atoms with van der Waals surface area (Å²) in [4.78, 5) is 8.65. The van der Waals surface area contributed by atoms with Crippen molar-refractivity contribution >= 4 is 11.0 Å². The second-order valence-electron chi connectivity index (χ2n) is 4.38. The molecule has 0 aliphatic heterocycles. The van der Waals surface area contributed by atoms with Gasteiger partial charge in [0.2, 0.25) is 0 Å². The molecule has 0 unspecified atom stereocenters. The van der Waals surface area contributed by atoms with E-state index in [4.69, 9.17) is 0 Å². The lowest BCUT2D eigenvalue weighted by atomic mass is 10.1. The van der Waals surface area contributed by atoms with Crippen molar-refractivity contribution in [2.45, 2.75) is 20.3 Å². The van der Waals surface area contributed by atoms with Gasteiger partial charge in [0.05, 0.1) is 11.7 Å². The number of benzene rings is 1. The molecule has 90 valence electrons. The first-order valence-electron chi connectivity index (χ1n) is 6.18. The fourth-order valence-electron chi connectivity index (χ4n) is 2.26. The van der Waals surface area contributed by atoms with Crippen LogP contribution in [0.5, 0.6) is 0 Å². The van der Waals surface area contributed by atoms with Gasteiger partial charge in [-0.25, -0.2) is 4.98 Å². The van der Waals surface area contributed by atoms with Crippen LogP contribution in [0.15, 0.2) is 42.7 Å². The minimum Gasteiger partial charge on any atom is -0.296 e. The summed E-state index contributed by atoms with van der Waals surface area (Å²) >= 11 is 0. The lowest BCUT2D eigenvalue weighted by Gasteiger charge is -2.07. The highest BCUT2D eigenvalue weighted by atomic mass is 15.1. The molecule has 0 bridgehead atoms. The van der Waals surface area contributed by atoms with Gasteiger partial charge in [0.15, 0.2) is 0 Å². The minimum atomic E-state index is 0.939. The van der Waals surface area contributed by atoms with Crippen molar-refractivity contribution in [3.63, 3.8) is 0 Å². The summed E-state index contributed by atoms with van der Waals surface area (Å²) in [5, 5.41) is 0. The Balaban J connectivity index is 2.20. The van der Waals surface area contributed by atoms with Gasteiger partial charge in [-0.2, -0.15) is 0 Å². The Morgan fingerprint density at radius 1 is 1.11 bits per heavy atom. The molecule has 0 N–H and O–H groups in total. The largest absolute Gasteiger partial charge is 0.296 e. The minimum absolute atomic E-state index is 0.939. The van der Waals surface area contributed by atoms with Crippen LogP contribution in [0, 0.1) is 6.92 Å². The molecule has 2 heterocycles. The molecule has 0 spiro atoms. The van der Waals surface area contributed by atoms with Crippen molar-refractivity contribution in [3.05, 3.63) is 54.1 Å². The van der Waals surface area contributed by atoms with Gasteiger partial charge in [0.25, 0.3) is 0 Å². The van der Waals surface area contributed by atoms with Crippen LogP contribution < -0.4 is 0 Å². The SMILES string of the molecule is CCc1ccc(-n2c(C)nc3cnccc32)cc1. The highest BCUT2D eigenvalue weighted by Crippen LogP contribution is 2.20. The van der Waals surface area contributed by atoms with Crippen LogP contribution in [-0.4, -0.2) is 14.5 Å². The number of rotatable bonds is 2. The van der Waals surface area contributed by atoms with Crippen molar-refractivity contribution in [1.29, 1.82) is 0 Å². The lowest BCUT2D eigenvalue weighted by molar-refractivity contribution is 0.997. The summed E-state index contributed by atoms with van der Waals surface area (Å²) in [6.45, 7) is 4.19. The van der Waals surface area contributed by atoms with E-state index in [1.807, 2.05) is 13.0 Å². The Morgan fingerprint density at radius 2 is 1.89 bits per heavy atom. The lowest BCUT2D eigenvalue weighted by Crippen LogP contribution is -1.97. The Kier molecular flexibility index (Phi) is 2.59. The average Bonchev–Trinajstić information content (AvgIpc) is 2.75. The molecule has 3 aromatic rings. The number of imidazole rings is 1. The quantitative estimate of drug-likeness (QED) is 0.684. The standard InChI is InChI=1S/C15H15N3/c1-3-12-4-6-13(7-5-12)18-11(2)17-14-10-16-9-8-15(14)18/h4-10H,3H2,1-2H3. The van der Waals surface area contributed by atoms with E-state index in [0.29, 0.717) is 0 Å². The molecule has 1 aromatic carbocycles. The molecule has 3 nitrogen and oxygen atoms in total. The smallest absolute Gasteiger partial charge is 0.111 e. The first-order chi connectivity index (χ1) is 8.79. The number of hydrogen-bond acceptors (Lipinski definition) is 2. The molecule has 2 aromatic heterocycles. The van der Waals surface area contributed by atoms with Gasteiger partial charge in [0, 0.05) is 11.9 Å². The van der Waals surface area contributed by atoms with Crippen LogP contribution in [0.4, 0.5) is 0 Å². The first-order valence-corrected chi connectivity index (χ1v) is 6.18. The summed E-state index contributed by atoms with van der Waals surface area (Å²) in [6, 6.07) is 10.6. The Hall–Kier alpha value is -2.16. The van der Waals surface area contributed by atoms with Crippen molar-refractivity contribution in [2.75, 3.05) is 0 Å². The van der Waals surface area contributed by atoms with E-state index in [1.165, 1.54) is 5.56 Å². The van der Waals surface area contributed by atoms with Crippen LogP contribution in [0.25, 0.3) is 16.7 Å². The number of fused-ring (bicyclic) bond motifs is 1. The second-order valence-corrected chi connectivity index (χ2v) is 4.38. The van der Waals surface area contributed by atoms with Gasteiger partial charge in [-0.1, -0.05) is 19.1 Å². The molecule has 3 heteroatoms. The van der Waals surface area contributed by atoms with E-state index in [-0.39, 0.29) is 0 Å². The summed E-state index contributed by atoms with van der Waals surface area (Å²) in [6.07, 6.45) is 4.67. The second kappa shape index (κ2) is 4.26. The molecular weight excluding hydrogens is 222 g/mol. The van der Waals surface area contributed by atoms with Crippen molar-refractivity contribution in [3.8, 4) is 5.69 Å². The van der Waals surface area contributed by atoms with E-state index < -0.39 is 0 Å². The predicted octanol–water partition coefficient (Wildman–Crippen LogP) is 3.29. The van der Waals surface area contributed by atoms with E-state index in [1.54, 1.807) is 12.4 Å². The summed E-state index contributed by atoms with van der Waals surface area (Å²) < 4.78 is 2.16. The van der Waals surface area contributed by atoms with E-state index in [0.717, 1.165) is 29.0 Å². The normalized spacial score (nSPS) is 11.0. The molecule has 0 saturated heterocycles. The molecule has 3 rings (SSSR count). The molecule has 0 amide bonds. The number of nitrogens with zero attached hydrogens (tertiary/aromatic N) is 3. The summed E-state index contributed by atoms with van der Waals surface area (Å²) in [7, 11) is 0. The fraction of sp³-hybridized carbons (Fsp3) is 0.200. The zero-order valence-corrected chi connectivity index (χ0v) is 10.6. The molecule has 0 saturated carbocycles. The molecule has 0 aliphatic rings. The van der Waals surface area contributed by atoms with Gasteiger partial charge in [0.1, 0.15) is 11.3 Å². The Labute approximate surface area is 106 Å². The van der Waals surface area contributed by atoms with E-state index in [2.05, 4.69) is 45.7 Å². The molecule has 0 aliphatic carbocycles. The first kappa shape index (κ1) is 11.0. The molecular formula is C15H15N3. The zero-order valence-electron chi connectivity index (χ0n) is 10.6. The summed E-state index contributed by atoms with van der Waals surface area (Å²) in [5.41, 5.74) is 4.54. The van der Waals surface area contributed by atoms with Crippen LogP contribution in [0.3, 0.4) is 0 Å². The van der Waals surface area contributed by atoms with Crippen molar-refractivity contribution in [1.82, 2.24) is 14.5 Å². The van der Waals surface area contributed by atoms with Gasteiger partial charge >= 0.3 is 0 Å². The molecule has 0 fully saturated rings. The predicted molar refractivity (Wildman–Crippen MR) is 73.0 cm³/mol. The van der Waals surface area contributed by atoms with E-state index in [9.17, 15) is 0 Å². The third kappa shape index (κ3) is 1.68. The fourth-order valence-corrected chi connectivity index (χ4v) is 2.26. The Bertz CT molecular complexity index is 681. The maximum atomic E-state index is 4.53. The van der Waals surface area contributed by atoms with Gasteiger partial charge in [-0.3, -0.25) is 9.55 Å². The third-order valence-corrected chi connectivity index (χ3v) is 3.23. The zero-order chi connectivity index (χ0) is 12.5. The van der Waals surface area contributed by atoms with Gasteiger partial charge < -0.3 is 0 Å². The highest BCUT2D eigenvalue weighted by Gasteiger charge is 2.08. The maximum absolute atomic E-state index is 4.53. The van der Waals surface area contributed by atoms with Crippen LogP contribution in [-0.2, 0) is 6.42 Å². The summed E-state index contributed by atoms with van der Waals surface area (Å²) in [5.74, 6) is 0.988. The third-order valence-electron chi connectivity index (χ3n) is 3.23. The number of pyridine rings is 1. The topological polar surface area (TPSA) is 30.7 Å². The van der Waals surface area contributed by atoms with Gasteiger partial charge in [-0.15, -0.1) is 0 Å². The van der Waals surface area contributed by atoms with Crippen molar-refractivity contribution < 1.29 is 0 Å². The Morgan fingerprint density at radius 3 is 2.61 bits per heavy atom. The maximum Gasteiger partial charge on any atom is 0.111 e. The van der Waals surface area contributed by atoms with E-state index >= 15 is 0 Å². The average molecular weight is 237 g/mol. The molecule has 18 heavy (non-hydrogen) atoms. The number of aromatic nitrogens is 3.